The molecule has 122 valence electrons. The van der Waals surface area contributed by atoms with Crippen molar-refractivity contribution in [3.8, 4) is 5.75 Å². The Morgan fingerprint density at radius 2 is 2.00 bits per heavy atom. The second kappa shape index (κ2) is 9.10. The van der Waals surface area contributed by atoms with Crippen LogP contribution in [0.2, 0.25) is 0 Å². The van der Waals surface area contributed by atoms with E-state index in [2.05, 4.69) is 10.6 Å². The molecule has 0 bridgehead atoms. The van der Waals surface area contributed by atoms with Gasteiger partial charge in [-0.05, 0) is 49.4 Å². The molecule has 0 saturated heterocycles. The van der Waals surface area contributed by atoms with Crippen molar-refractivity contribution < 1.29 is 9.53 Å². The molecule has 0 spiro atoms. The zero-order valence-electron chi connectivity index (χ0n) is 13.5. The van der Waals surface area contributed by atoms with Crippen LogP contribution in [0, 0.1) is 0 Å². The van der Waals surface area contributed by atoms with E-state index in [9.17, 15) is 4.79 Å². The molecule has 0 aliphatic carbocycles. The number of rotatable bonds is 7. The molecule has 2 rings (SSSR count). The molecule has 0 aromatic heterocycles. The van der Waals surface area contributed by atoms with Gasteiger partial charge in [-0.1, -0.05) is 24.3 Å². The molecule has 0 aliphatic heterocycles. The Morgan fingerprint density at radius 1 is 1.17 bits per heavy atom. The van der Waals surface area contributed by atoms with Gasteiger partial charge >= 0.3 is 6.03 Å². The number of para-hydroxylation sites is 1. The van der Waals surface area contributed by atoms with Gasteiger partial charge in [0.05, 0.1) is 6.61 Å². The summed E-state index contributed by atoms with van der Waals surface area (Å²) in [5, 5.41) is 5.72. The van der Waals surface area contributed by atoms with Gasteiger partial charge in [-0.15, -0.1) is 11.8 Å². The zero-order valence-corrected chi connectivity index (χ0v) is 14.3. The predicted octanol–water partition coefficient (Wildman–Crippen LogP) is 4.17. The Labute approximate surface area is 141 Å². The number of ether oxygens (including phenoxy) is 1. The molecule has 23 heavy (non-hydrogen) atoms. The van der Waals surface area contributed by atoms with E-state index in [1.54, 1.807) is 11.8 Å². The van der Waals surface area contributed by atoms with E-state index in [4.69, 9.17) is 4.74 Å². The minimum Gasteiger partial charge on any atom is -0.494 e. The number of carbonyl (C=O) groups is 1. The molecule has 2 N–H and O–H groups in total. The topological polar surface area (TPSA) is 50.4 Å². The van der Waals surface area contributed by atoms with Crippen molar-refractivity contribution in [3.05, 3.63) is 54.1 Å². The number of carbonyl (C=O) groups excluding carboxylic acids is 1. The molecule has 4 nitrogen and oxygen atoms in total. The summed E-state index contributed by atoms with van der Waals surface area (Å²) in [5.74, 6) is 0.880. The molecule has 0 atom stereocenters. The fourth-order valence-corrected chi connectivity index (χ4v) is 2.65. The van der Waals surface area contributed by atoms with Crippen molar-refractivity contribution in [2.75, 3.05) is 24.7 Å². The van der Waals surface area contributed by atoms with Crippen LogP contribution in [0.1, 0.15) is 12.5 Å². The van der Waals surface area contributed by atoms with Crippen LogP contribution in [0.5, 0.6) is 5.75 Å². The van der Waals surface area contributed by atoms with E-state index in [0.717, 1.165) is 28.3 Å². The minimum atomic E-state index is -0.197. The van der Waals surface area contributed by atoms with E-state index in [-0.39, 0.29) is 6.03 Å². The summed E-state index contributed by atoms with van der Waals surface area (Å²) in [7, 11) is 0. The van der Waals surface area contributed by atoms with Gasteiger partial charge in [-0.25, -0.2) is 4.79 Å². The molecule has 2 aromatic carbocycles. The van der Waals surface area contributed by atoms with Crippen molar-refractivity contribution in [2.24, 2.45) is 0 Å². The molecule has 0 radical (unpaired) electrons. The normalized spacial score (nSPS) is 10.2. The molecule has 2 aromatic rings. The van der Waals surface area contributed by atoms with Gasteiger partial charge in [0.2, 0.25) is 0 Å². The zero-order chi connectivity index (χ0) is 16.5. The number of nitrogens with one attached hydrogen (secondary N) is 2. The number of anilines is 1. The fraction of sp³-hybridized carbons (Fsp3) is 0.278. The van der Waals surface area contributed by atoms with Gasteiger partial charge in [-0.2, -0.15) is 0 Å². The van der Waals surface area contributed by atoms with Crippen molar-refractivity contribution in [1.82, 2.24) is 5.32 Å². The van der Waals surface area contributed by atoms with Gasteiger partial charge in [0.15, 0.2) is 0 Å². The number of amides is 2. The number of thioether (sulfide) groups is 1. The molecular weight excluding hydrogens is 308 g/mol. The first kappa shape index (κ1) is 17.2. The second-order valence-electron chi connectivity index (χ2n) is 4.90. The molecule has 0 saturated carbocycles. The van der Waals surface area contributed by atoms with Gasteiger partial charge in [0.25, 0.3) is 0 Å². The highest BCUT2D eigenvalue weighted by Gasteiger charge is 2.05. The lowest BCUT2D eigenvalue weighted by Gasteiger charge is -2.11. The maximum absolute atomic E-state index is 12.0. The maximum Gasteiger partial charge on any atom is 0.319 e. The molecular formula is C18H22N2O2S. The first-order valence-electron chi connectivity index (χ1n) is 7.62. The molecule has 0 fully saturated rings. The van der Waals surface area contributed by atoms with Crippen molar-refractivity contribution in [2.45, 2.75) is 18.2 Å². The Hall–Kier alpha value is -2.14. The lowest BCUT2D eigenvalue weighted by molar-refractivity contribution is 0.252. The number of hydrogen-bond donors (Lipinski definition) is 2. The quantitative estimate of drug-likeness (QED) is 0.749. The van der Waals surface area contributed by atoms with E-state index in [1.165, 1.54) is 0 Å². The van der Waals surface area contributed by atoms with Gasteiger partial charge < -0.3 is 15.4 Å². The van der Waals surface area contributed by atoms with Crippen LogP contribution in [-0.4, -0.2) is 25.4 Å². The van der Waals surface area contributed by atoms with E-state index >= 15 is 0 Å². The van der Waals surface area contributed by atoms with Crippen LogP contribution in [0.4, 0.5) is 10.5 Å². The van der Waals surface area contributed by atoms with Crippen LogP contribution in [-0.2, 0) is 6.42 Å². The van der Waals surface area contributed by atoms with E-state index < -0.39 is 0 Å². The molecule has 0 unspecified atom stereocenters. The van der Waals surface area contributed by atoms with Crippen LogP contribution in [0.15, 0.2) is 53.4 Å². The van der Waals surface area contributed by atoms with Crippen LogP contribution >= 0.6 is 11.8 Å². The Morgan fingerprint density at radius 3 is 2.78 bits per heavy atom. The molecule has 0 aliphatic rings. The van der Waals surface area contributed by atoms with E-state index in [1.807, 2.05) is 61.7 Å². The average Bonchev–Trinajstić information content (AvgIpc) is 2.57. The summed E-state index contributed by atoms with van der Waals surface area (Å²) >= 11 is 1.65. The van der Waals surface area contributed by atoms with Gasteiger partial charge in [0, 0.05) is 17.1 Å². The first-order valence-corrected chi connectivity index (χ1v) is 8.85. The predicted molar refractivity (Wildman–Crippen MR) is 96.6 cm³/mol. The van der Waals surface area contributed by atoms with Crippen LogP contribution < -0.4 is 15.4 Å². The third-order valence-corrected chi connectivity index (χ3v) is 4.01. The van der Waals surface area contributed by atoms with Crippen molar-refractivity contribution in [3.63, 3.8) is 0 Å². The number of hydrogen-bond acceptors (Lipinski definition) is 3. The monoisotopic (exact) mass is 330 g/mol. The summed E-state index contributed by atoms with van der Waals surface area (Å²) < 4.78 is 5.59. The highest BCUT2D eigenvalue weighted by molar-refractivity contribution is 7.98. The second-order valence-corrected chi connectivity index (χ2v) is 5.78. The standard InChI is InChI=1S/C18H22N2O2S/c1-3-22-17-10-5-4-7-14(17)11-12-19-18(21)20-15-8-6-9-16(13-15)23-2/h4-10,13H,3,11-12H2,1-2H3,(H2,19,20,21). The molecule has 0 heterocycles. The minimum absolute atomic E-state index is 0.197. The van der Waals surface area contributed by atoms with Crippen LogP contribution in [0.3, 0.4) is 0 Å². The SMILES string of the molecule is CCOc1ccccc1CCNC(=O)Nc1cccc(SC)c1. The molecule has 2 amide bonds. The maximum atomic E-state index is 12.0. The largest absolute Gasteiger partial charge is 0.494 e. The smallest absolute Gasteiger partial charge is 0.319 e. The Balaban J connectivity index is 1.83. The van der Waals surface area contributed by atoms with Crippen molar-refractivity contribution >= 4 is 23.5 Å². The summed E-state index contributed by atoms with van der Waals surface area (Å²) in [4.78, 5) is 13.1. The summed E-state index contributed by atoms with van der Waals surface area (Å²) in [6.45, 7) is 3.15. The van der Waals surface area contributed by atoms with Gasteiger partial charge in [-0.3, -0.25) is 0 Å². The first-order chi connectivity index (χ1) is 11.2. The molecule has 5 heteroatoms. The van der Waals surface area contributed by atoms with E-state index in [0.29, 0.717) is 13.2 Å². The highest BCUT2D eigenvalue weighted by atomic mass is 32.2. The summed E-state index contributed by atoms with van der Waals surface area (Å²) in [6.07, 6.45) is 2.74. The lowest BCUT2D eigenvalue weighted by atomic mass is 10.1. The number of benzene rings is 2. The summed E-state index contributed by atoms with van der Waals surface area (Å²) in [5.41, 5.74) is 1.89. The summed E-state index contributed by atoms with van der Waals surface area (Å²) in [6, 6.07) is 15.5. The Kier molecular flexibility index (Phi) is 6.81. The average molecular weight is 330 g/mol. The third-order valence-electron chi connectivity index (χ3n) is 3.28. The third kappa shape index (κ3) is 5.53. The Bertz CT molecular complexity index is 646. The highest BCUT2D eigenvalue weighted by Crippen LogP contribution is 2.19. The van der Waals surface area contributed by atoms with Gasteiger partial charge in [0.1, 0.15) is 5.75 Å². The van der Waals surface area contributed by atoms with Crippen LogP contribution in [0.25, 0.3) is 0 Å². The lowest BCUT2D eigenvalue weighted by Crippen LogP contribution is -2.30. The fourth-order valence-electron chi connectivity index (χ4n) is 2.19. The number of urea groups is 1. The van der Waals surface area contributed by atoms with Crippen molar-refractivity contribution in [1.29, 1.82) is 0 Å².